The number of carbonyl (C=O) groups excluding carboxylic acids is 1. The molecule has 0 atom stereocenters. The molecule has 0 radical (unpaired) electrons. The first-order valence-electron chi connectivity index (χ1n) is 6.16. The number of amides is 1. The Morgan fingerprint density at radius 2 is 1.80 bits per heavy atom. The van der Waals surface area contributed by atoms with Crippen molar-refractivity contribution >= 4 is 29.0 Å². The van der Waals surface area contributed by atoms with Crippen LogP contribution in [-0.2, 0) is 0 Å². The molecule has 0 saturated carbocycles. The minimum absolute atomic E-state index is 0.214. The van der Waals surface area contributed by atoms with Gasteiger partial charge in [-0.15, -0.1) is 0 Å². The Morgan fingerprint density at radius 3 is 2.40 bits per heavy atom. The van der Waals surface area contributed by atoms with Crippen LogP contribution in [0, 0.1) is 13.8 Å². The zero-order valence-electron chi connectivity index (χ0n) is 11.6. The van der Waals surface area contributed by atoms with E-state index in [-0.39, 0.29) is 11.7 Å². The summed E-state index contributed by atoms with van der Waals surface area (Å²) in [7, 11) is 1.71. The third kappa shape index (κ3) is 2.91. The Morgan fingerprint density at radius 1 is 1.20 bits per heavy atom. The quantitative estimate of drug-likeness (QED) is 0.923. The third-order valence-corrected chi connectivity index (χ3v) is 3.31. The maximum Gasteiger partial charge on any atom is 0.259 e. The number of carbonyl (C=O) groups is 1. The Hall–Kier alpha value is -2.07. The molecule has 20 heavy (non-hydrogen) atoms. The summed E-state index contributed by atoms with van der Waals surface area (Å²) in [6.07, 6.45) is 1.39. The monoisotopic (exact) mass is 289 g/mol. The van der Waals surface area contributed by atoms with Crippen molar-refractivity contribution in [3.05, 3.63) is 52.2 Å². The summed E-state index contributed by atoms with van der Waals surface area (Å²) < 4.78 is 0. The maximum atomic E-state index is 12.5. The fraction of sp³-hybridized carbons (Fsp3) is 0.200. The molecule has 1 amide bonds. The lowest BCUT2D eigenvalue weighted by Gasteiger charge is -2.19. The number of anilines is 2. The molecule has 1 aromatic carbocycles. The predicted molar refractivity (Wildman–Crippen MR) is 82.3 cm³/mol. The van der Waals surface area contributed by atoms with Gasteiger partial charge in [0.05, 0.1) is 10.6 Å². The van der Waals surface area contributed by atoms with Crippen LogP contribution in [0.3, 0.4) is 0 Å². The van der Waals surface area contributed by atoms with E-state index in [1.54, 1.807) is 11.9 Å². The molecule has 0 fully saturated rings. The molecule has 1 aromatic heterocycles. The van der Waals surface area contributed by atoms with Crippen LogP contribution in [0.2, 0.25) is 5.02 Å². The maximum absolute atomic E-state index is 12.5. The Labute approximate surface area is 123 Å². The van der Waals surface area contributed by atoms with Crippen LogP contribution in [0.15, 0.2) is 30.5 Å². The van der Waals surface area contributed by atoms with Crippen LogP contribution in [0.4, 0.5) is 11.5 Å². The topological polar surface area (TPSA) is 59.2 Å². The summed E-state index contributed by atoms with van der Waals surface area (Å²) >= 11 is 6.02. The van der Waals surface area contributed by atoms with Gasteiger partial charge in [0.2, 0.25) is 0 Å². The van der Waals surface area contributed by atoms with Crippen molar-refractivity contribution in [1.29, 1.82) is 0 Å². The highest BCUT2D eigenvalue weighted by Gasteiger charge is 2.17. The zero-order chi connectivity index (χ0) is 14.9. The van der Waals surface area contributed by atoms with Gasteiger partial charge in [-0.25, -0.2) is 4.98 Å². The Kier molecular flexibility index (Phi) is 3.95. The highest BCUT2D eigenvalue weighted by Crippen LogP contribution is 2.23. The number of hydrogen-bond donors (Lipinski definition) is 1. The van der Waals surface area contributed by atoms with Crippen molar-refractivity contribution in [2.45, 2.75) is 13.8 Å². The summed E-state index contributed by atoms with van der Waals surface area (Å²) in [5.41, 5.74) is 8.97. The number of aromatic nitrogens is 1. The Balaban J connectivity index is 2.39. The van der Waals surface area contributed by atoms with Crippen molar-refractivity contribution < 1.29 is 4.79 Å². The molecule has 0 saturated heterocycles. The normalized spacial score (nSPS) is 10.4. The first kappa shape index (κ1) is 14.3. The standard InChI is InChI=1S/C15H16ClN3O/c1-9-4-10(2)6-11(5-9)19(3)15(20)12-7-14(17)18-8-13(12)16/h4-8H,1-3H3,(H2,17,18). The van der Waals surface area contributed by atoms with Crippen molar-refractivity contribution in [3.8, 4) is 0 Å². The summed E-state index contributed by atoms with van der Waals surface area (Å²) in [6, 6.07) is 7.44. The summed E-state index contributed by atoms with van der Waals surface area (Å²) in [5, 5.41) is 0.292. The molecule has 0 bridgehead atoms. The van der Waals surface area contributed by atoms with Crippen molar-refractivity contribution in [2.75, 3.05) is 17.7 Å². The fourth-order valence-corrected chi connectivity index (χ4v) is 2.25. The Bertz CT molecular complexity index is 650. The number of nitrogens with two attached hydrogens (primary N) is 1. The highest BCUT2D eigenvalue weighted by molar-refractivity contribution is 6.34. The van der Waals surface area contributed by atoms with Gasteiger partial charge >= 0.3 is 0 Å². The summed E-state index contributed by atoms with van der Waals surface area (Å²) in [4.78, 5) is 17.9. The molecule has 5 heteroatoms. The van der Waals surface area contributed by atoms with Crippen LogP contribution in [-0.4, -0.2) is 17.9 Å². The van der Waals surface area contributed by atoms with Crippen LogP contribution in [0.5, 0.6) is 0 Å². The van der Waals surface area contributed by atoms with Crippen LogP contribution in [0.25, 0.3) is 0 Å². The SMILES string of the molecule is Cc1cc(C)cc(N(C)C(=O)c2cc(N)ncc2Cl)c1. The molecular formula is C15H16ClN3O. The number of nitrogens with zero attached hydrogens (tertiary/aromatic N) is 2. The lowest BCUT2D eigenvalue weighted by molar-refractivity contribution is 0.0993. The van der Waals surface area contributed by atoms with E-state index in [0.29, 0.717) is 10.6 Å². The second kappa shape index (κ2) is 5.51. The van der Waals surface area contributed by atoms with Gasteiger partial charge in [0.25, 0.3) is 5.91 Å². The summed E-state index contributed by atoms with van der Waals surface area (Å²) in [5.74, 6) is 0.0562. The van der Waals surface area contributed by atoms with E-state index in [9.17, 15) is 4.79 Å². The van der Waals surface area contributed by atoms with Gasteiger partial charge < -0.3 is 10.6 Å². The summed E-state index contributed by atoms with van der Waals surface area (Å²) in [6.45, 7) is 3.98. The van der Waals surface area contributed by atoms with E-state index in [1.165, 1.54) is 12.3 Å². The van der Waals surface area contributed by atoms with Crippen LogP contribution in [0.1, 0.15) is 21.5 Å². The number of halogens is 1. The molecule has 0 spiro atoms. The number of hydrogen-bond acceptors (Lipinski definition) is 3. The number of aryl methyl sites for hydroxylation is 2. The molecule has 0 aliphatic carbocycles. The third-order valence-electron chi connectivity index (χ3n) is 3.01. The molecule has 2 N–H and O–H groups in total. The molecular weight excluding hydrogens is 274 g/mol. The first-order valence-corrected chi connectivity index (χ1v) is 6.53. The second-order valence-corrected chi connectivity index (χ2v) is 5.21. The van der Waals surface area contributed by atoms with Crippen LogP contribution >= 0.6 is 11.6 Å². The largest absolute Gasteiger partial charge is 0.384 e. The minimum atomic E-state index is -0.214. The minimum Gasteiger partial charge on any atom is -0.384 e. The highest BCUT2D eigenvalue weighted by atomic mass is 35.5. The molecule has 0 unspecified atom stereocenters. The molecule has 104 valence electrons. The van der Waals surface area contributed by atoms with E-state index in [0.717, 1.165) is 16.8 Å². The first-order chi connectivity index (χ1) is 9.38. The van der Waals surface area contributed by atoms with Gasteiger partial charge in [0.15, 0.2) is 0 Å². The lowest BCUT2D eigenvalue weighted by atomic mass is 10.1. The van der Waals surface area contributed by atoms with Crippen molar-refractivity contribution in [2.24, 2.45) is 0 Å². The van der Waals surface area contributed by atoms with E-state index in [1.807, 2.05) is 26.0 Å². The van der Waals surface area contributed by atoms with E-state index >= 15 is 0 Å². The van der Waals surface area contributed by atoms with E-state index in [2.05, 4.69) is 11.1 Å². The smallest absolute Gasteiger partial charge is 0.259 e. The number of pyridine rings is 1. The van der Waals surface area contributed by atoms with E-state index < -0.39 is 0 Å². The predicted octanol–water partition coefficient (Wildman–Crippen LogP) is 3.21. The average Bonchev–Trinajstić information content (AvgIpc) is 2.38. The van der Waals surface area contributed by atoms with Crippen molar-refractivity contribution in [1.82, 2.24) is 4.98 Å². The van der Waals surface area contributed by atoms with Gasteiger partial charge in [-0.05, 0) is 43.2 Å². The number of nitrogen functional groups attached to an aromatic ring is 1. The van der Waals surface area contributed by atoms with Gasteiger partial charge in [-0.1, -0.05) is 17.7 Å². The molecule has 1 heterocycles. The molecule has 2 rings (SSSR count). The van der Waals surface area contributed by atoms with Gasteiger partial charge in [0, 0.05) is 18.9 Å². The van der Waals surface area contributed by atoms with Gasteiger partial charge in [-0.2, -0.15) is 0 Å². The van der Waals surface area contributed by atoms with Gasteiger partial charge in [-0.3, -0.25) is 4.79 Å². The van der Waals surface area contributed by atoms with E-state index in [4.69, 9.17) is 17.3 Å². The molecule has 2 aromatic rings. The van der Waals surface area contributed by atoms with Crippen LogP contribution < -0.4 is 10.6 Å². The number of rotatable bonds is 2. The average molecular weight is 290 g/mol. The molecule has 4 nitrogen and oxygen atoms in total. The molecule has 0 aliphatic rings. The zero-order valence-corrected chi connectivity index (χ0v) is 12.4. The number of benzene rings is 1. The van der Waals surface area contributed by atoms with Crippen molar-refractivity contribution in [3.63, 3.8) is 0 Å². The lowest BCUT2D eigenvalue weighted by Crippen LogP contribution is -2.26. The van der Waals surface area contributed by atoms with Gasteiger partial charge in [0.1, 0.15) is 5.82 Å². The fourth-order valence-electron chi connectivity index (χ4n) is 2.06. The second-order valence-electron chi connectivity index (χ2n) is 4.80. The molecule has 0 aliphatic heterocycles.